The van der Waals surface area contributed by atoms with Crippen molar-refractivity contribution in [2.24, 2.45) is 4.99 Å². The molecule has 1 aromatic carbocycles. The van der Waals surface area contributed by atoms with Crippen molar-refractivity contribution in [2.75, 3.05) is 33.9 Å². The number of nitrogens with zero attached hydrogens (tertiary/aromatic N) is 1. The molecule has 0 bridgehead atoms. The average molecular weight is 277 g/mol. The largest absolute Gasteiger partial charge is 0.385 e. The summed E-state index contributed by atoms with van der Waals surface area (Å²) in [4.78, 5) is 4.22. The van der Waals surface area contributed by atoms with Crippen LogP contribution in [0.5, 0.6) is 0 Å². The Morgan fingerprint density at radius 3 is 2.55 bits per heavy atom. The molecular formula is C16H27N3O. The van der Waals surface area contributed by atoms with Gasteiger partial charge in [0, 0.05) is 33.9 Å². The summed E-state index contributed by atoms with van der Waals surface area (Å²) >= 11 is 0. The molecule has 0 saturated carbocycles. The van der Waals surface area contributed by atoms with Gasteiger partial charge in [-0.05, 0) is 24.8 Å². The molecule has 1 aromatic rings. The first-order valence-electron chi connectivity index (χ1n) is 7.17. The van der Waals surface area contributed by atoms with Crippen LogP contribution in [-0.2, 0) is 4.74 Å². The zero-order chi connectivity index (χ0) is 14.8. The van der Waals surface area contributed by atoms with E-state index < -0.39 is 0 Å². The predicted octanol–water partition coefficient (Wildman–Crippen LogP) is 2.30. The standard InChI is InChI=1S/C16H27N3O/c1-13-6-8-15(9-7-13)14(2)12-19-16(17-3)18-10-5-11-20-4/h6-9,14H,5,10-12H2,1-4H3,(H2,17,18,19). The van der Waals surface area contributed by atoms with E-state index in [2.05, 4.69) is 53.7 Å². The summed E-state index contributed by atoms with van der Waals surface area (Å²) in [6.07, 6.45) is 0.977. The molecule has 0 aliphatic rings. The van der Waals surface area contributed by atoms with Gasteiger partial charge in [-0.15, -0.1) is 0 Å². The summed E-state index contributed by atoms with van der Waals surface area (Å²) in [7, 11) is 3.51. The molecule has 2 N–H and O–H groups in total. The molecule has 0 radical (unpaired) electrons. The van der Waals surface area contributed by atoms with Gasteiger partial charge in [-0.25, -0.2) is 0 Å². The molecule has 1 rings (SSSR count). The smallest absolute Gasteiger partial charge is 0.190 e. The normalized spacial score (nSPS) is 13.1. The Morgan fingerprint density at radius 2 is 1.95 bits per heavy atom. The molecule has 0 heterocycles. The molecule has 0 spiro atoms. The van der Waals surface area contributed by atoms with Gasteiger partial charge in [-0.3, -0.25) is 4.99 Å². The number of aliphatic imine (C=N–C) groups is 1. The van der Waals surface area contributed by atoms with E-state index in [1.807, 2.05) is 0 Å². The molecule has 0 fully saturated rings. The highest BCUT2D eigenvalue weighted by atomic mass is 16.5. The second-order valence-corrected chi connectivity index (χ2v) is 5.04. The molecular weight excluding hydrogens is 250 g/mol. The van der Waals surface area contributed by atoms with Crippen LogP contribution in [0.3, 0.4) is 0 Å². The van der Waals surface area contributed by atoms with Crippen molar-refractivity contribution in [1.82, 2.24) is 10.6 Å². The summed E-state index contributed by atoms with van der Waals surface area (Å²) < 4.78 is 5.02. The lowest BCUT2D eigenvalue weighted by Crippen LogP contribution is -2.39. The Morgan fingerprint density at radius 1 is 1.25 bits per heavy atom. The van der Waals surface area contributed by atoms with Crippen molar-refractivity contribution in [3.8, 4) is 0 Å². The number of ether oxygens (including phenoxy) is 1. The van der Waals surface area contributed by atoms with Gasteiger partial charge in [0.2, 0.25) is 0 Å². The van der Waals surface area contributed by atoms with E-state index in [1.165, 1.54) is 11.1 Å². The number of rotatable bonds is 7. The second-order valence-electron chi connectivity index (χ2n) is 5.04. The highest BCUT2D eigenvalue weighted by molar-refractivity contribution is 5.79. The number of benzene rings is 1. The van der Waals surface area contributed by atoms with E-state index in [0.717, 1.165) is 32.1 Å². The lowest BCUT2D eigenvalue weighted by atomic mass is 10.0. The Balaban J connectivity index is 2.34. The summed E-state index contributed by atoms with van der Waals surface area (Å²) in [5.41, 5.74) is 2.64. The van der Waals surface area contributed by atoms with E-state index in [9.17, 15) is 0 Å². The second kappa shape index (κ2) is 9.37. The quantitative estimate of drug-likeness (QED) is 0.457. The van der Waals surface area contributed by atoms with Crippen molar-refractivity contribution in [2.45, 2.75) is 26.2 Å². The zero-order valence-electron chi connectivity index (χ0n) is 13.1. The molecule has 4 nitrogen and oxygen atoms in total. The van der Waals surface area contributed by atoms with Crippen LogP contribution < -0.4 is 10.6 Å². The molecule has 0 aliphatic heterocycles. The van der Waals surface area contributed by atoms with Gasteiger partial charge in [0.15, 0.2) is 5.96 Å². The third-order valence-electron chi connectivity index (χ3n) is 3.26. The topological polar surface area (TPSA) is 45.7 Å². The average Bonchev–Trinajstić information content (AvgIpc) is 2.47. The Hall–Kier alpha value is -1.55. The molecule has 0 amide bonds. The Bertz CT molecular complexity index is 401. The van der Waals surface area contributed by atoms with Crippen LogP contribution in [-0.4, -0.2) is 39.8 Å². The minimum Gasteiger partial charge on any atom is -0.385 e. The third-order valence-corrected chi connectivity index (χ3v) is 3.26. The molecule has 112 valence electrons. The maximum atomic E-state index is 5.02. The van der Waals surface area contributed by atoms with Crippen molar-refractivity contribution in [3.63, 3.8) is 0 Å². The first-order valence-corrected chi connectivity index (χ1v) is 7.17. The summed E-state index contributed by atoms with van der Waals surface area (Å²) in [6.45, 7) is 6.83. The van der Waals surface area contributed by atoms with Crippen LogP contribution in [0.1, 0.15) is 30.4 Å². The van der Waals surface area contributed by atoms with Gasteiger partial charge in [0.1, 0.15) is 0 Å². The van der Waals surface area contributed by atoms with Crippen molar-refractivity contribution in [1.29, 1.82) is 0 Å². The molecule has 4 heteroatoms. The fraction of sp³-hybridized carbons (Fsp3) is 0.562. The summed E-state index contributed by atoms with van der Waals surface area (Å²) in [6, 6.07) is 8.69. The van der Waals surface area contributed by atoms with E-state index in [1.54, 1.807) is 14.2 Å². The fourth-order valence-corrected chi connectivity index (χ4v) is 1.91. The van der Waals surface area contributed by atoms with Crippen molar-refractivity contribution < 1.29 is 4.74 Å². The van der Waals surface area contributed by atoms with Crippen LogP contribution >= 0.6 is 0 Å². The van der Waals surface area contributed by atoms with Crippen molar-refractivity contribution in [3.05, 3.63) is 35.4 Å². The molecule has 20 heavy (non-hydrogen) atoms. The first kappa shape index (κ1) is 16.5. The van der Waals surface area contributed by atoms with Crippen LogP contribution in [0.4, 0.5) is 0 Å². The summed E-state index contributed by atoms with van der Waals surface area (Å²) in [5.74, 6) is 1.30. The number of nitrogens with one attached hydrogen (secondary N) is 2. The third kappa shape index (κ3) is 6.06. The lowest BCUT2D eigenvalue weighted by Gasteiger charge is -2.16. The van der Waals surface area contributed by atoms with Crippen LogP contribution in [0.2, 0.25) is 0 Å². The number of hydrogen-bond donors (Lipinski definition) is 2. The molecule has 1 unspecified atom stereocenters. The molecule has 1 atom stereocenters. The Labute approximate surface area is 122 Å². The van der Waals surface area contributed by atoms with Gasteiger partial charge in [0.25, 0.3) is 0 Å². The number of aryl methyl sites for hydroxylation is 1. The van der Waals surface area contributed by atoms with Crippen molar-refractivity contribution >= 4 is 5.96 Å². The molecule has 0 aliphatic carbocycles. The molecule has 0 aromatic heterocycles. The number of methoxy groups -OCH3 is 1. The van der Waals surface area contributed by atoms with Gasteiger partial charge in [-0.1, -0.05) is 36.8 Å². The number of hydrogen-bond acceptors (Lipinski definition) is 2. The van der Waals surface area contributed by atoms with E-state index in [4.69, 9.17) is 4.74 Å². The maximum absolute atomic E-state index is 5.02. The van der Waals surface area contributed by atoms with Gasteiger partial charge < -0.3 is 15.4 Å². The molecule has 0 saturated heterocycles. The lowest BCUT2D eigenvalue weighted by molar-refractivity contribution is 0.195. The first-order chi connectivity index (χ1) is 9.67. The van der Waals surface area contributed by atoms with Crippen LogP contribution in [0, 0.1) is 6.92 Å². The Kier molecular flexibility index (Phi) is 7.73. The van der Waals surface area contributed by atoms with E-state index >= 15 is 0 Å². The summed E-state index contributed by atoms with van der Waals surface area (Å²) in [5, 5.41) is 6.64. The van der Waals surface area contributed by atoms with Crippen LogP contribution in [0.15, 0.2) is 29.3 Å². The van der Waals surface area contributed by atoms with Gasteiger partial charge >= 0.3 is 0 Å². The minimum atomic E-state index is 0.452. The van der Waals surface area contributed by atoms with Gasteiger partial charge in [0.05, 0.1) is 0 Å². The zero-order valence-corrected chi connectivity index (χ0v) is 13.1. The highest BCUT2D eigenvalue weighted by Gasteiger charge is 2.06. The SMILES string of the molecule is CN=C(NCCCOC)NCC(C)c1ccc(C)cc1. The maximum Gasteiger partial charge on any atom is 0.190 e. The van der Waals surface area contributed by atoms with Crippen LogP contribution in [0.25, 0.3) is 0 Å². The van der Waals surface area contributed by atoms with E-state index in [-0.39, 0.29) is 0 Å². The highest BCUT2D eigenvalue weighted by Crippen LogP contribution is 2.14. The monoisotopic (exact) mass is 277 g/mol. The predicted molar refractivity (Wildman–Crippen MR) is 85.5 cm³/mol. The number of guanidine groups is 1. The minimum absolute atomic E-state index is 0.452. The van der Waals surface area contributed by atoms with Gasteiger partial charge in [-0.2, -0.15) is 0 Å². The fourth-order valence-electron chi connectivity index (χ4n) is 1.91. The van der Waals surface area contributed by atoms with E-state index in [0.29, 0.717) is 5.92 Å².